The molecular weight excluding hydrogens is 329 g/mol. The van der Waals surface area contributed by atoms with Gasteiger partial charge in [-0.25, -0.2) is 4.39 Å². The van der Waals surface area contributed by atoms with Crippen LogP contribution in [0.2, 0.25) is 0 Å². The van der Waals surface area contributed by atoms with Crippen LogP contribution in [0.5, 0.6) is 0 Å². The summed E-state index contributed by atoms with van der Waals surface area (Å²) in [4.78, 5) is 19.5. The third-order valence-electron chi connectivity index (χ3n) is 6.64. The van der Waals surface area contributed by atoms with Crippen molar-refractivity contribution in [1.29, 1.82) is 0 Å². The molecule has 2 aliphatic rings. The average Bonchev–Trinajstić information content (AvgIpc) is 2.92. The van der Waals surface area contributed by atoms with Crippen molar-refractivity contribution in [2.45, 2.75) is 45.6 Å². The van der Waals surface area contributed by atoms with Gasteiger partial charge in [-0.05, 0) is 49.9 Å². The molecule has 0 aliphatic carbocycles. The van der Waals surface area contributed by atoms with Gasteiger partial charge in [-0.15, -0.1) is 0 Å². The van der Waals surface area contributed by atoms with Crippen molar-refractivity contribution in [2.24, 2.45) is 5.41 Å². The largest absolute Gasteiger partial charge is 0.369 e. The Labute approximate surface area is 157 Å². The number of carbonyl (C=O) groups is 1. The molecule has 0 saturated carbocycles. The Morgan fingerprint density at radius 2 is 1.69 bits per heavy atom. The van der Waals surface area contributed by atoms with Gasteiger partial charge in [-0.2, -0.15) is 0 Å². The Morgan fingerprint density at radius 1 is 1.08 bits per heavy atom. The summed E-state index contributed by atoms with van der Waals surface area (Å²) in [5.74, 6) is 0.159. The number of nitrogens with zero attached hydrogens (tertiary/aromatic N) is 3. The van der Waals surface area contributed by atoms with Gasteiger partial charge in [0, 0.05) is 51.5 Å². The molecule has 3 rings (SSSR count). The molecule has 1 aromatic rings. The summed E-state index contributed by atoms with van der Waals surface area (Å²) in [6.07, 6.45) is 3.95. The van der Waals surface area contributed by atoms with E-state index in [0.717, 1.165) is 64.1 Å². The van der Waals surface area contributed by atoms with Gasteiger partial charge < -0.3 is 9.80 Å². The van der Waals surface area contributed by atoms with E-state index >= 15 is 0 Å². The number of hydrogen-bond acceptors (Lipinski definition) is 3. The molecule has 144 valence electrons. The van der Waals surface area contributed by atoms with Crippen molar-refractivity contribution in [3.8, 4) is 0 Å². The predicted molar refractivity (Wildman–Crippen MR) is 104 cm³/mol. The summed E-state index contributed by atoms with van der Waals surface area (Å²) >= 11 is 0. The predicted octanol–water partition coefficient (Wildman–Crippen LogP) is 3.37. The SMILES string of the molecule is CCC1(CC)CC(CCN2CCN(c3ccc(F)cc3)CC2)N(C)C1=O. The van der Waals surface area contributed by atoms with Crippen molar-refractivity contribution in [2.75, 3.05) is 44.7 Å². The van der Waals surface area contributed by atoms with Gasteiger partial charge in [0.1, 0.15) is 5.82 Å². The maximum Gasteiger partial charge on any atom is 0.228 e. The number of carbonyl (C=O) groups excluding carboxylic acids is 1. The summed E-state index contributed by atoms with van der Waals surface area (Å²) in [6, 6.07) is 7.15. The zero-order valence-corrected chi connectivity index (χ0v) is 16.4. The van der Waals surface area contributed by atoms with Gasteiger partial charge in [0.25, 0.3) is 0 Å². The minimum absolute atomic E-state index is 0.124. The fraction of sp³-hybridized carbons (Fsp3) is 0.667. The van der Waals surface area contributed by atoms with Gasteiger partial charge in [-0.3, -0.25) is 9.69 Å². The smallest absolute Gasteiger partial charge is 0.228 e. The molecule has 1 atom stereocenters. The summed E-state index contributed by atoms with van der Waals surface area (Å²) < 4.78 is 13.1. The van der Waals surface area contributed by atoms with E-state index in [4.69, 9.17) is 0 Å². The quantitative estimate of drug-likeness (QED) is 0.777. The molecule has 26 heavy (non-hydrogen) atoms. The minimum Gasteiger partial charge on any atom is -0.369 e. The Kier molecular flexibility index (Phi) is 5.86. The molecule has 4 nitrogen and oxygen atoms in total. The van der Waals surface area contributed by atoms with Crippen molar-refractivity contribution < 1.29 is 9.18 Å². The van der Waals surface area contributed by atoms with Crippen molar-refractivity contribution in [1.82, 2.24) is 9.80 Å². The third-order valence-corrected chi connectivity index (χ3v) is 6.64. The molecule has 0 aromatic heterocycles. The van der Waals surface area contributed by atoms with Crippen LogP contribution >= 0.6 is 0 Å². The molecule has 1 unspecified atom stereocenters. The topological polar surface area (TPSA) is 26.8 Å². The first-order chi connectivity index (χ1) is 12.5. The molecule has 0 radical (unpaired) electrons. The first kappa shape index (κ1) is 19.2. The number of piperazine rings is 1. The van der Waals surface area contributed by atoms with Crippen molar-refractivity contribution in [3.05, 3.63) is 30.1 Å². The maximum atomic E-state index is 13.1. The second-order valence-corrected chi connectivity index (χ2v) is 7.86. The first-order valence-corrected chi connectivity index (χ1v) is 9.99. The highest BCUT2D eigenvalue weighted by molar-refractivity contribution is 5.85. The fourth-order valence-corrected chi connectivity index (χ4v) is 4.57. The number of halogens is 1. The van der Waals surface area contributed by atoms with Crippen molar-refractivity contribution in [3.63, 3.8) is 0 Å². The van der Waals surface area contributed by atoms with Crippen LogP contribution in [-0.2, 0) is 4.79 Å². The van der Waals surface area contributed by atoms with Crippen LogP contribution in [0, 0.1) is 11.2 Å². The van der Waals surface area contributed by atoms with Crippen LogP contribution < -0.4 is 4.90 Å². The minimum atomic E-state index is -0.183. The molecule has 5 heteroatoms. The Balaban J connectivity index is 1.48. The molecule has 2 fully saturated rings. The molecule has 2 aliphatic heterocycles. The van der Waals surface area contributed by atoms with E-state index in [9.17, 15) is 9.18 Å². The summed E-state index contributed by atoms with van der Waals surface area (Å²) in [6.45, 7) is 9.32. The molecule has 2 heterocycles. The summed E-state index contributed by atoms with van der Waals surface area (Å²) in [5.41, 5.74) is 0.976. The highest BCUT2D eigenvalue weighted by atomic mass is 19.1. The fourth-order valence-electron chi connectivity index (χ4n) is 4.57. The van der Waals surface area contributed by atoms with E-state index in [2.05, 4.69) is 23.6 Å². The Hall–Kier alpha value is -1.62. The first-order valence-electron chi connectivity index (χ1n) is 9.99. The molecule has 1 amide bonds. The number of anilines is 1. The normalized spacial score (nSPS) is 23.7. The summed E-state index contributed by atoms with van der Waals surface area (Å²) in [7, 11) is 1.98. The Morgan fingerprint density at radius 3 is 2.23 bits per heavy atom. The standard InChI is InChI=1S/C21H32FN3O/c1-4-21(5-2)16-19(23(3)20(21)26)10-11-24-12-14-25(15-13-24)18-8-6-17(22)7-9-18/h6-9,19H,4-5,10-16H2,1-3H3. The molecule has 0 N–H and O–H groups in total. The monoisotopic (exact) mass is 361 g/mol. The van der Waals surface area contributed by atoms with Crippen LogP contribution in [0.4, 0.5) is 10.1 Å². The lowest BCUT2D eigenvalue weighted by Crippen LogP contribution is -2.47. The lowest BCUT2D eigenvalue weighted by molar-refractivity contribution is -0.136. The number of hydrogen-bond donors (Lipinski definition) is 0. The van der Waals surface area contributed by atoms with E-state index in [1.54, 1.807) is 0 Å². The second-order valence-electron chi connectivity index (χ2n) is 7.86. The van der Waals surface area contributed by atoms with E-state index in [1.165, 1.54) is 12.1 Å². The van der Waals surface area contributed by atoms with Gasteiger partial charge in [0.15, 0.2) is 0 Å². The van der Waals surface area contributed by atoms with Crippen LogP contribution in [-0.4, -0.2) is 61.5 Å². The lowest BCUT2D eigenvalue weighted by atomic mass is 9.79. The van der Waals surface area contributed by atoms with Crippen LogP contribution in [0.15, 0.2) is 24.3 Å². The third kappa shape index (κ3) is 3.73. The number of benzene rings is 1. The van der Waals surface area contributed by atoms with E-state index in [1.807, 2.05) is 24.1 Å². The van der Waals surface area contributed by atoms with E-state index in [-0.39, 0.29) is 11.2 Å². The number of likely N-dealkylation sites (tertiary alicyclic amines) is 1. The van der Waals surface area contributed by atoms with Gasteiger partial charge in [0.05, 0.1) is 5.41 Å². The van der Waals surface area contributed by atoms with Crippen molar-refractivity contribution >= 4 is 11.6 Å². The van der Waals surface area contributed by atoms with Crippen LogP contribution in [0.3, 0.4) is 0 Å². The van der Waals surface area contributed by atoms with E-state index < -0.39 is 0 Å². The molecule has 2 saturated heterocycles. The highest BCUT2D eigenvalue weighted by Crippen LogP contribution is 2.42. The van der Waals surface area contributed by atoms with E-state index in [0.29, 0.717) is 11.9 Å². The number of rotatable bonds is 6. The summed E-state index contributed by atoms with van der Waals surface area (Å²) in [5, 5.41) is 0. The molecular formula is C21H32FN3O. The Bertz CT molecular complexity index is 606. The lowest BCUT2D eigenvalue weighted by Gasteiger charge is -2.36. The average molecular weight is 362 g/mol. The van der Waals surface area contributed by atoms with Gasteiger partial charge in [-0.1, -0.05) is 13.8 Å². The molecule has 0 spiro atoms. The van der Waals surface area contributed by atoms with Gasteiger partial charge >= 0.3 is 0 Å². The van der Waals surface area contributed by atoms with Crippen LogP contribution in [0.25, 0.3) is 0 Å². The number of amides is 1. The second kappa shape index (κ2) is 7.95. The van der Waals surface area contributed by atoms with Gasteiger partial charge in [0.2, 0.25) is 5.91 Å². The zero-order chi connectivity index (χ0) is 18.7. The highest BCUT2D eigenvalue weighted by Gasteiger charge is 2.47. The molecule has 0 bridgehead atoms. The molecule has 1 aromatic carbocycles. The van der Waals surface area contributed by atoms with Crippen LogP contribution in [0.1, 0.15) is 39.5 Å². The maximum absolute atomic E-state index is 13.1. The zero-order valence-electron chi connectivity index (χ0n) is 16.4.